The molecule has 0 spiro atoms. The molecule has 0 bridgehead atoms. The van der Waals surface area contributed by atoms with Crippen LogP contribution in [0.1, 0.15) is 23.6 Å². The number of para-hydroxylation sites is 1. The second kappa shape index (κ2) is 5.27. The molecule has 5 nitrogen and oxygen atoms in total. The van der Waals surface area contributed by atoms with E-state index >= 15 is 0 Å². The number of hydrogen-bond acceptors (Lipinski definition) is 5. The van der Waals surface area contributed by atoms with E-state index in [-0.39, 0.29) is 0 Å². The van der Waals surface area contributed by atoms with Gasteiger partial charge in [0.25, 0.3) is 0 Å². The quantitative estimate of drug-likeness (QED) is 0.917. The lowest BCUT2D eigenvalue weighted by atomic mass is 9.98. The van der Waals surface area contributed by atoms with E-state index in [1.165, 1.54) is 5.56 Å². The molecule has 100 valence electrons. The smallest absolute Gasteiger partial charge is 0.231 e. The molecule has 0 amide bonds. The van der Waals surface area contributed by atoms with Crippen LogP contribution in [0.3, 0.4) is 0 Å². The molecule has 0 saturated heterocycles. The molecule has 1 unspecified atom stereocenters. The van der Waals surface area contributed by atoms with Crippen molar-refractivity contribution in [2.45, 2.75) is 12.3 Å². The van der Waals surface area contributed by atoms with E-state index in [0.29, 0.717) is 24.1 Å². The minimum absolute atomic E-state index is 0.384. The van der Waals surface area contributed by atoms with E-state index in [0.717, 1.165) is 18.7 Å². The van der Waals surface area contributed by atoms with Crippen LogP contribution in [0.2, 0.25) is 0 Å². The molecule has 0 radical (unpaired) electrons. The van der Waals surface area contributed by atoms with Crippen molar-refractivity contribution < 1.29 is 0 Å². The highest BCUT2D eigenvalue weighted by atomic mass is 15.3. The topological polar surface area (TPSA) is 78.8 Å². The van der Waals surface area contributed by atoms with Crippen LogP contribution < -0.4 is 10.6 Å². The highest BCUT2D eigenvalue weighted by Crippen LogP contribution is 2.40. The van der Waals surface area contributed by atoms with Crippen LogP contribution in [0.5, 0.6) is 0 Å². The number of anilines is 2. The van der Waals surface area contributed by atoms with Crippen molar-refractivity contribution >= 4 is 11.6 Å². The summed E-state index contributed by atoms with van der Waals surface area (Å²) in [5.74, 6) is 0.974. The van der Waals surface area contributed by atoms with Crippen LogP contribution in [-0.2, 0) is 0 Å². The monoisotopic (exact) mass is 265 g/mol. The fraction of sp³-hybridized carbons (Fsp3) is 0.267. The van der Waals surface area contributed by atoms with Crippen molar-refractivity contribution in [3.05, 3.63) is 47.8 Å². The first kappa shape index (κ1) is 12.6. The van der Waals surface area contributed by atoms with Crippen molar-refractivity contribution in [1.29, 1.82) is 5.26 Å². The summed E-state index contributed by atoms with van der Waals surface area (Å²) < 4.78 is 0. The molecule has 0 saturated carbocycles. The summed E-state index contributed by atoms with van der Waals surface area (Å²) in [4.78, 5) is 10.7. The Bertz CT molecular complexity index is 661. The number of aromatic nitrogens is 2. The third kappa shape index (κ3) is 2.10. The first-order valence-corrected chi connectivity index (χ1v) is 6.63. The third-order valence-corrected chi connectivity index (χ3v) is 3.58. The number of nitrogens with two attached hydrogens (primary N) is 1. The van der Waals surface area contributed by atoms with Crippen LogP contribution >= 0.6 is 0 Å². The van der Waals surface area contributed by atoms with Crippen molar-refractivity contribution in [2.24, 2.45) is 5.73 Å². The average Bonchev–Trinajstić information content (AvgIpc) is 2.87. The van der Waals surface area contributed by atoms with E-state index < -0.39 is 0 Å². The van der Waals surface area contributed by atoms with Gasteiger partial charge in [-0.15, -0.1) is 0 Å². The summed E-state index contributed by atoms with van der Waals surface area (Å²) in [6, 6.07) is 11.9. The molecule has 3 rings (SSSR count). The number of hydrogen-bond donors (Lipinski definition) is 1. The van der Waals surface area contributed by atoms with Crippen LogP contribution in [0.15, 0.2) is 36.5 Å². The first-order chi connectivity index (χ1) is 9.83. The Morgan fingerprint density at radius 3 is 3.00 bits per heavy atom. The SMILES string of the molecule is N#Cc1ccnc(N2CC(CCN)c3ccccc32)n1. The van der Waals surface area contributed by atoms with Gasteiger partial charge in [-0.25, -0.2) is 9.97 Å². The van der Waals surface area contributed by atoms with Crippen molar-refractivity contribution in [1.82, 2.24) is 9.97 Å². The molecular weight excluding hydrogens is 250 g/mol. The summed E-state index contributed by atoms with van der Waals surface area (Å²) in [5, 5.41) is 8.96. The molecule has 5 heteroatoms. The van der Waals surface area contributed by atoms with Crippen molar-refractivity contribution in [3.8, 4) is 6.07 Å². The number of benzene rings is 1. The zero-order valence-electron chi connectivity index (χ0n) is 11.0. The van der Waals surface area contributed by atoms with E-state index in [1.807, 2.05) is 12.1 Å². The minimum Gasteiger partial charge on any atom is -0.330 e. The normalized spacial score (nSPS) is 16.8. The molecule has 1 aromatic heterocycles. The lowest BCUT2D eigenvalue weighted by Gasteiger charge is -2.17. The summed E-state index contributed by atoms with van der Waals surface area (Å²) in [6.45, 7) is 1.47. The molecule has 20 heavy (non-hydrogen) atoms. The molecule has 1 atom stereocenters. The fourth-order valence-electron chi connectivity index (χ4n) is 2.67. The highest BCUT2D eigenvalue weighted by molar-refractivity contribution is 5.67. The molecule has 1 aliphatic heterocycles. The van der Waals surface area contributed by atoms with Gasteiger partial charge in [0, 0.05) is 24.3 Å². The van der Waals surface area contributed by atoms with Crippen LogP contribution in [0.4, 0.5) is 11.6 Å². The molecule has 0 fully saturated rings. The Labute approximate surface area is 117 Å². The largest absolute Gasteiger partial charge is 0.330 e. The van der Waals surface area contributed by atoms with Gasteiger partial charge in [-0.3, -0.25) is 0 Å². The van der Waals surface area contributed by atoms with Gasteiger partial charge in [0.2, 0.25) is 5.95 Å². The second-order valence-electron chi connectivity index (χ2n) is 4.80. The number of nitrogens with zero attached hydrogens (tertiary/aromatic N) is 4. The third-order valence-electron chi connectivity index (χ3n) is 3.58. The number of fused-ring (bicyclic) bond motifs is 1. The van der Waals surface area contributed by atoms with Gasteiger partial charge in [-0.05, 0) is 30.7 Å². The Morgan fingerprint density at radius 1 is 1.35 bits per heavy atom. The van der Waals surface area contributed by atoms with Gasteiger partial charge in [-0.2, -0.15) is 5.26 Å². The molecule has 0 aliphatic carbocycles. The van der Waals surface area contributed by atoms with Gasteiger partial charge >= 0.3 is 0 Å². The summed E-state index contributed by atoms with van der Waals surface area (Å²) in [7, 11) is 0. The maximum absolute atomic E-state index is 8.96. The standard InChI is InChI=1S/C15H15N5/c16-7-5-11-10-20(14-4-2-1-3-13(11)14)15-18-8-6-12(9-17)19-15/h1-4,6,8,11H,5,7,10,16H2. The molecular formula is C15H15N5. The Kier molecular flexibility index (Phi) is 3.32. The molecule has 1 aromatic carbocycles. The van der Waals surface area contributed by atoms with E-state index in [9.17, 15) is 0 Å². The molecule has 2 heterocycles. The number of nitriles is 1. The lowest BCUT2D eigenvalue weighted by Crippen LogP contribution is -2.19. The predicted molar refractivity (Wildman–Crippen MR) is 76.6 cm³/mol. The summed E-state index contributed by atoms with van der Waals surface area (Å²) in [6.07, 6.45) is 2.56. The zero-order valence-corrected chi connectivity index (χ0v) is 11.0. The van der Waals surface area contributed by atoms with Crippen molar-refractivity contribution in [3.63, 3.8) is 0 Å². The zero-order chi connectivity index (χ0) is 13.9. The summed E-state index contributed by atoms with van der Waals surface area (Å²) >= 11 is 0. The molecule has 2 N–H and O–H groups in total. The van der Waals surface area contributed by atoms with E-state index in [4.69, 9.17) is 11.0 Å². The lowest BCUT2D eigenvalue weighted by molar-refractivity contribution is 0.664. The first-order valence-electron chi connectivity index (χ1n) is 6.63. The number of rotatable bonds is 3. The van der Waals surface area contributed by atoms with Crippen molar-refractivity contribution in [2.75, 3.05) is 18.0 Å². The Hall–Kier alpha value is -2.45. The second-order valence-corrected chi connectivity index (χ2v) is 4.80. The van der Waals surface area contributed by atoms with Crippen LogP contribution in [0, 0.1) is 11.3 Å². The van der Waals surface area contributed by atoms with Gasteiger partial charge in [0.1, 0.15) is 11.8 Å². The summed E-state index contributed by atoms with van der Waals surface area (Å²) in [5.41, 5.74) is 8.48. The van der Waals surface area contributed by atoms with E-state index in [2.05, 4.69) is 33.1 Å². The van der Waals surface area contributed by atoms with Crippen LogP contribution in [-0.4, -0.2) is 23.1 Å². The van der Waals surface area contributed by atoms with E-state index in [1.54, 1.807) is 12.3 Å². The maximum atomic E-state index is 8.96. The van der Waals surface area contributed by atoms with Gasteiger partial charge in [-0.1, -0.05) is 18.2 Å². The molecule has 2 aromatic rings. The Morgan fingerprint density at radius 2 is 2.20 bits per heavy atom. The Balaban J connectivity index is 2.01. The highest BCUT2D eigenvalue weighted by Gasteiger charge is 2.29. The molecule has 1 aliphatic rings. The van der Waals surface area contributed by atoms with Gasteiger partial charge in [0.05, 0.1) is 0 Å². The fourth-order valence-corrected chi connectivity index (χ4v) is 2.67. The minimum atomic E-state index is 0.384. The maximum Gasteiger partial charge on any atom is 0.231 e. The van der Waals surface area contributed by atoms with Gasteiger partial charge in [0.15, 0.2) is 0 Å². The van der Waals surface area contributed by atoms with Gasteiger partial charge < -0.3 is 10.6 Å². The predicted octanol–water partition coefficient (Wildman–Crippen LogP) is 1.93. The average molecular weight is 265 g/mol. The van der Waals surface area contributed by atoms with Crippen LogP contribution in [0.25, 0.3) is 0 Å².